The fraction of sp³-hybridized carbons (Fsp3) is 1.00. The largest absolute Gasteiger partial charge is 0.100 e. The van der Waals surface area contributed by atoms with Crippen molar-refractivity contribution < 1.29 is 0 Å². The Labute approximate surface area is 146 Å². The quantitative estimate of drug-likeness (QED) is 0.508. The van der Waals surface area contributed by atoms with E-state index in [0.717, 1.165) is 46.8 Å². The first-order chi connectivity index (χ1) is 10.7. The molecular weight excluding hydrogens is 295 g/mol. The standard InChI is InChI=1S/C22H39P/c1-8-23(19-11-15-9-17(13(19)2)21(15,4)5)20-12-16-10-18(14(20)3)22(16,6)7/h13-20H,8-12H2,1-7H3. The van der Waals surface area contributed by atoms with Gasteiger partial charge < -0.3 is 0 Å². The van der Waals surface area contributed by atoms with Gasteiger partial charge >= 0.3 is 0 Å². The molecule has 0 N–H and O–H groups in total. The summed E-state index contributed by atoms with van der Waals surface area (Å²) in [6.07, 6.45) is 7.75. The van der Waals surface area contributed by atoms with Crippen LogP contribution in [0.25, 0.3) is 0 Å². The maximum Gasteiger partial charge on any atom is -0.0175 e. The van der Waals surface area contributed by atoms with Crippen LogP contribution in [0.15, 0.2) is 0 Å². The summed E-state index contributed by atoms with van der Waals surface area (Å²) in [6.45, 7) is 18.1. The van der Waals surface area contributed by atoms with E-state index in [-0.39, 0.29) is 7.92 Å². The summed E-state index contributed by atoms with van der Waals surface area (Å²) >= 11 is 0. The molecule has 0 aromatic heterocycles. The molecule has 0 radical (unpaired) electrons. The first-order valence-corrected chi connectivity index (χ1v) is 12.1. The van der Waals surface area contributed by atoms with Crippen LogP contribution in [0.5, 0.6) is 0 Å². The SMILES string of the molecule is CCP(C1CC2CC(C1C)C2(C)C)C1CC2CC(C1C)C2(C)C. The van der Waals surface area contributed by atoms with Crippen molar-refractivity contribution in [2.45, 2.75) is 85.5 Å². The van der Waals surface area contributed by atoms with Gasteiger partial charge in [0.05, 0.1) is 0 Å². The summed E-state index contributed by atoms with van der Waals surface area (Å²) in [5.74, 6) is 6.17. The molecule has 0 heterocycles. The third-order valence-electron chi connectivity index (χ3n) is 9.84. The van der Waals surface area contributed by atoms with Crippen LogP contribution in [0.3, 0.4) is 0 Å². The Kier molecular flexibility index (Phi) is 3.83. The second-order valence-electron chi connectivity index (χ2n) is 10.9. The van der Waals surface area contributed by atoms with E-state index in [1.807, 2.05) is 0 Å². The lowest BCUT2D eigenvalue weighted by atomic mass is 9.45. The molecule has 0 aliphatic heterocycles. The van der Waals surface area contributed by atoms with Gasteiger partial charge in [-0.1, -0.05) is 48.5 Å². The molecule has 1 heteroatoms. The summed E-state index contributed by atoms with van der Waals surface area (Å²) in [5.41, 5.74) is 3.51. The monoisotopic (exact) mass is 334 g/mol. The molecule has 8 unspecified atom stereocenters. The Balaban J connectivity index is 1.52. The van der Waals surface area contributed by atoms with Crippen molar-refractivity contribution in [2.75, 3.05) is 6.16 Å². The average Bonchev–Trinajstić information content (AvgIpc) is 2.49. The average molecular weight is 335 g/mol. The summed E-state index contributed by atoms with van der Waals surface area (Å²) < 4.78 is 0. The molecule has 0 aromatic rings. The van der Waals surface area contributed by atoms with Crippen LogP contribution in [0.1, 0.15) is 74.1 Å². The van der Waals surface area contributed by atoms with E-state index in [2.05, 4.69) is 48.5 Å². The highest BCUT2D eigenvalue weighted by Gasteiger charge is 2.61. The van der Waals surface area contributed by atoms with Crippen LogP contribution in [0, 0.1) is 46.3 Å². The van der Waals surface area contributed by atoms with Gasteiger partial charge in [-0.25, -0.2) is 0 Å². The molecule has 6 fully saturated rings. The van der Waals surface area contributed by atoms with Gasteiger partial charge in [-0.3, -0.25) is 0 Å². The van der Waals surface area contributed by atoms with Crippen molar-refractivity contribution in [1.29, 1.82) is 0 Å². The molecule has 6 saturated carbocycles. The Morgan fingerprint density at radius 3 is 1.39 bits per heavy atom. The van der Waals surface area contributed by atoms with Crippen molar-refractivity contribution in [2.24, 2.45) is 46.3 Å². The zero-order valence-corrected chi connectivity index (χ0v) is 17.5. The molecule has 8 atom stereocenters. The lowest BCUT2D eigenvalue weighted by Crippen LogP contribution is -2.59. The zero-order valence-electron chi connectivity index (χ0n) is 16.6. The van der Waals surface area contributed by atoms with Crippen LogP contribution in [-0.4, -0.2) is 17.5 Å². The molecule has 0 aromatic carbocycles. The van der Waals surface area contributed by atoms with Crippen molar-refractivity contribution in [3.8, 4) is 0 Å². The van der Waals surface area contributed by atoms with E-state index < -0.39 is 0 Å². The smallest absolute Gasteiger partial charge is 0.0175 e. The van der Waals surface area contributed by atoms with E-state index in [1.54, 1.807) is 25.7 Å². The minimum atomic E-state index is 0.251. The van der Waals surface area contributed by atoms with Gasteiger partial charge in [0.25, 0.3) is 0 Å². The molecule has 6 aliphatic rings. The minimum Gasteiger partial charge on any atom is -0.100 e. The van der Waals surface area contributed by atoms with Gasteiger partial charge in [-0.2, -0.15) is 0 Å². The minimum absolute atomic E-state index is 0.251. The van der Waals surface area contributed by atoms with Crippen molar-refractivity contribution in [1.82, 2.24) is 0 Å². The maximum absolute atomic E-state index is 2.63. The predicted molar refractivity (Wildman–Crippen MR) is 103 cm³/mol. The van der Waals surface area contributed by atoms with Crippen LogP contribution in [0.2, 0.25) is 0 Å². The first-order valence-electron chi connectivity index (χ1n) is 10.4. The highest BCUT2D eigenvalue weighted by atomic mass is 31.1. The Hall–Kier alpha value is 0.430. The third kappa shape index (κ3) is 2.12. The summed E-state index contributed by atoms with van der Waals surface area (Å²) in [7, 11) is 0.251. The first kappa shape index (κ1) is 16.9. The van der Waals surface area contributed by atoms with E-state index >= 15 is 0 Å². The summed E-state index contributed by atoms with van der Waals surface area (Å²) in [6, 6.07) is 0. The molecule has 0 saturated heterocycles. The molecule has 132 valence electrons. The van der Waals surface area contributed by atoms with Crippen molar-refractivity contribution in [3.63, 3.8) is 0 Å². The molecule has 0 spiro atoms. The Morgan fingerprint density at radius 1 is 0.739 bits per heavy atom. The predicted octanol–water partition coefficient (Wildman–Crippen LogP) is 6.63. The molecule has 6 rings (SSSR count). The van der Waals surface area contributed by atoms with Crippen LogP contribution >= 0.6 is 7.92 Å². The van der Waals surface area contributed by atoms with E-state index in [9.17, 15) is 0 Å². The molecule has 6 aliphatic carbocycles. The summed E-state index contributed by atoms with van der Waals surface area (Å²) in [4.78, 5) is 0. The Morgan fingerprint density at radius 2 is 1.13 bits per heavy atom. The van der Waals surface area contributed by atoms with E-state index in [4.69, 9.17) is 0 Å². The third-order valence-corrected chi connectivity index (χ3v) is 13.6. The molecule has 4 bridgehead atoms. The number of hydrogen-bond acceptors (Lipinski definition) is 0. The van der Waals surface area contributed by atoms with Crippen LogP contribution in [-0.2, 0) is 0 Å². The van der Waals surface area contributed by atoms with Gasteiger partial charge in [-0.05, 0) is 89.5 Å². The summed E-state index contributed by atoms with van der Waals surface area (Å²) in [5, 5.41) is 0. The van der Waals surface area contributed by atoms with Gasteiger partial charge in [0.2, 0.25) is 0 Å². The second kappa shape index (κ2) is 5.22. The lowest BCUT2D eigenvalue weighted by Gasteiger charge is -2.67. The molecule has 0 nitrogen and oxygen atoms in total. The van der Waals surface area contributed by atoms with Crippen LogP contribution < -0.4 is 0 Å². The van der Waals surface area contributed by atoms with Crippen LogP contribution in [0.4, 0.5) is 0 Å². The van der Waals surface area contributed by atoms with E-state index in [1.165, 1.54) is 6.16 Å². The molecule has 0 amide bonds. The number of hydrogen-bond donors (Lipinski definition) is 0. The van der Waals surface area contributed by atoms with Gasteiger partial charge in [0.15, 0.2) is 0 Å². The fourth-order valence-electron chi connectivity index (χ4n) is 7.84. The van der Waals surface area contributed by atoms with Gasteiger partial charge in [-0.15, -0.1) is 7.92 Å². The highest BCUT2D eigenvalue weighted by molar-refractivity contribution is 7.59. The Bertz CT molecular complexity index is 436. The normalized spacial score (nSPS) is 53.9. The van der Waals surface area contributed by atoms with Gasteiger partial charge in [0, 0.05) is 0 Å². The molecule has 23 heavy (non-hydrogen) atoms. The zero-order chi connectivity index (χ0) is 16.7. The maximum atomic E-state index is 2.63. The topological polar surface area (TPSA) is 0 Å². The van der Waals surface area contributed by atoms with Crippen molar-refractivity contribution >= 4 is 7.92 Å². The van der Waals surface area contributed by atoms with Crippen molar-refractivity contribution in [3.05, 3.63) is 0 Å². The lowest BCUT2D eigenvalue weighted by molar-refractivity contribution is -0.102. The number of fused-ring (bicyclic) bond motifs is 4. The second-order valence-corrected chi connectivity index (χ2v) is 13.9. The molecular formula is C22H39P. The van der Waals surface area contributed by atoms with Gasteiger partial charge in [0.1, 0.15) is 0 Å². The van der Waals surface area contributed by atoms with E-state index in [0.29, 0.717) is 10.8 Å². The number of rotatable bonds is 3. The fourth-order valence-corrected chi connectivity index (χ4v) is 11.9. The highest BCUT2D eigenvalue weighted by Crippen LogP contribution is 2.72.